The van der Waals surface area contributed by atoms with E-state index in [2.05, 4.69) is 20.6 Å². The summed E-state index contributed by atoms with van der Waals surface area (Å²) in [4.78, 5) is 4.27. The molecule has 0 unspecified atom stereocenters. The van der Waals surface area contributed by atoms with Crippen molar-refractivity contribution in [3.63, 3.8) is 0 Å². The van der Waals surface area contributed by atoms with E-state index in [1.807, 2.05) is 36.1 Å². The lowest BCUT2D eigenvalue weighted by molar-refractivity contribution is 0.569. The van der Waals surface area contributed by atoms with Gasteiger partial charge in [0.25, 0.3) is 0 Å². The Morgan fingerprint density at radius 2 is 2.31 bits per heavy atom. The van der Waals surface area contributed by atoms with E-state index in [0.29, 0.717) is 0 Å². The molecule has 0 fully saturated rings. The molecule has 0 aliphatic carbocycles. The van der Waals surface area contributed by atoms with Crippen molar-refractivity contribution in [1.82, 2.24) is 20.0 Å². The lowest BCUT2D eigenvalue weighted by atomic mass is 10.3. The van der Waals surface area contributed by atoms with E-state index in [-0.39, 0.29) is 0 Å². The number of anilines is 1. The van der Waals surface area contributed by atoms with Crippen LogP contribution in [0, 0.1) is 6.92 Å². The van der Waals surface area contributed by atoms with Crippen molar-refractivity contribution in [2.24, 2.45) is 0 Å². The van der Waals surface area contributed by atoms with Crippen LogP contribution in [0.3, 0.4) is 0 Å². The van der Waals surface area contributed by atoms with Crippen LogP contribution in [0.5, 0.6) is 0 Å². The van der Waals surface area contributed by atoms with Gasteiger partial charge in [0.15, 0.2) is 0 Å². The molecule has 16 heavy (non-hydrogen) atoms. The van der Waals surface area contributed by atoms with Gasteiger partial charge < -0.3 is 5.32 Å². The fraction of sp³-hybridized carbons (Fsp3) is 0.364. The zero-order valence-electron chi connectivity index (χ0n) is 9.30. The molecular weight excluding hydrogens is 202 g/mol. The van der Waals surface area contributed by atoms with E-state index in [1.54, 1.807) is 6.20 Å². The summed E-state index contributed by atoms with van der Waals surface area (Å²) in [6.07, 6.45) is 6.41. The van der Waals surface area contributed by atoms with E-state index < -0.39 is 0 Å². The normalized spacial score (nSPS) is 10.3. The van der Waals surface area contributed by atoms with Crippen LogP contribution in [0.4, 0.5) is 5.82 Å². The maximum absolute atomic E-state index is 4.27. The van der Waals surface area contributed by atoms with Gasteiger partial charge in [0.2, 0.25) is 0 Å². The van der Waals surface area contributed by atoms with Crippen LogP contribution < -0.4 is 5.32 Å². The summed E-state index contributed by atoms with van der Waals surface area (Å²) in [5, 5.41) is 10.9. The van der Waals surface area contributed by atoms with E-state index in [9.17, 15) is 0 Å². The van der Waals surface area contributed by atoms with Crippen LogP contribution in [-0.2, 0) is 6.54 Å². The molecule has 0 aliphatic heterocycles. The molecule has 5 nitrogen and oxygen atoms in total. The Morgan fingerprint density at radius 3 is 3.00 bits per heavy atom. The zero-order valence-corrected chi connectivity index (χ0v) is 9.30. The highest BCUT2D eigenvalue weighted by Crippen LogP contribution is 2.03. The zero-order chi connectivity index (χ0) is 11.2. The van der Waals surface area contributed by atoms with Crippen molar-refractivity contribution in [2.45, 2.75) is 19.9 Å². The summed E-state index contributed by atoms with van der Waals surface area (Å²) < 4.78 is 1.82. The standard InChI is InChI=1S/C11H15N5/c1-10-3-4-11(13-9-10)12-5-2-7-16-8-6-14-15-16/h3-4,6,8-9H,2,5,7H2,1H3,(H,12,13). The first-order chi connectivity index (χ1) is 7.84. The summed E-state index contributed by atoms with van der Waals surface area (Å²) in [5.41, 5.74) is 1.17. The topological polar surface area (TPSA) is 55.6 Å². The Hall–Kier alpha value is -1.91. The molecule has 0 aromatic carbocycles. The number of pyridine rings is 1. The molecule has 0 atom stereocenters. The lowest BCUT2D eigenvalue weighted by Gasteiger charge is -2.05. The van der Waals surface area contributed by atoms with Crippen LogP contribution in [0.25, 0.3) is 0 Å². The maximum Gasteiger partial charge on any atom is 0.125 e. The highest BCUT2D eigenvalue weighted by atomic mass is 15.4. The van der Waals surface area contributed by atoms with Crippen LogP contribution in [0.1, 0.15) is 12.0 Å². The van der Waals surface area contributed by atoms with Crippen LogP contribution in [-0.4, -0.2) is 26.5 Å². The molecule has 2 aromatic heterocycles. The van der Waals surface area contributed by atoms with Gasteiger partial charge >= 0.3 is 0 Å². The number of aryl methyl sites for hydroxylation is 2. The maximum atomic E-state index is 4.27. The quantitative estimate of drug-likeness (QED) is 0.771. The average molecular weight is 217 g/mol. The second-order valence-corrected chi connectivity index (χ2v) is 3.67. The fourth-order valence-electron chi connectivity index (χ4n) is 1.38. The number of hydrogen-bond donors (Lipinski definition) is 1. The summed E-state index contributed by atoms with van der Waals surface area (Å²) in [5.74, 6) is 0.921. The van der Waals surface area contributed by atoms with Crippen molar-refractivity contribution in [3.05, 3.63) is 36.3 Å². The van der Waals surface area contributed by atoms with Gasteiger partial charge in [0.05, 0.1) is 6.20 Å². The SMILES string of the molecule is Cc1ccc(NCCCn2ccnn2)nc1. The van der Waals surface area contributed by atoms with Gasteiger partial charge in [-0.15, -0.1) is 5.10 Å². The highest BCUT2D eigenvalue weighted by molar-refractivity contribution is 5.34. The molecule has 0 spiro atoms. The first kappa shape index (κ1) is 10.6. The Bertz CT molecular complexity index is 406. The minimum absolute atomic E-state index is 0.874. The predicted molar refractivity (Wildman–Crippen MR) is 62.1 cm³/mol. The summed E-state index contributed by atoms with van der Waals surface area (Å²) in [7, 11) is 0. The molecule has 2 aromatic rings. The molecule has 0 aliphatic rings. The van der Waals surface area contributed by atoms with Crippen LogP contribution in [0.2, 0.25) is 0 Å². The molecule has 1 N–H and O–H groups in total. The number of rotatable bonds is 5. The monoisotopic (exact) mass is 217 g/mol. The van der Waals surface area contributed by atoms with Crippen molar-refractivity contribution < 1.29 is 0 Å². The number of aromatic nitrogens is 4. The Kier molecular flexibility index (Phi) is 3.48. The molecule has 84 valence electrons. The van der Waals surface area contributed by atoms with Gasteiger partial charge in [-0.3, -0.25) is 4.68 Å². The Balaban J connectivity index is 1.70. The molecule has 5 heteroatoms. The van der Waals surface area contributed by atoms with Gasteiger partial charge in [-0.1, -0.05) is 11.3 Å². The second-order valence-electron chi connectivity index (χ2n) is 3.67. The van der Waals surface area contributed by atoms with E-state index >= 15 is 0 Å². The Labute approximate surface area is 94.5 Å². The molecule has 0 saturated carbocycles. The minimum atomic E-state index is 0.874. The van der Waals surface area contributed by atoms with Crippen molar-refractivity contribution in [3.8, 4) is 0 Å². The number of nitrogens with one attached hydrogen (secondary N) is 1. The van der Waals surface area contributed by atoms with Crippen molar-refractivity contribution >= 4 is 5.82 Å². The lowest BCUT2D eigenvalue weighted by Crippen LogP contribution is -2.08. The van der Waals surface area contributed by atoms with Crippen LogP contribution >= 0.6 is 0 Å². The first-order valence-corrected chi connectivity index (χ1v) is 5.35. The third-order valence-corrected chi connectivity index (χ3v) is 2.25. The van der Waals surface area contributed by atoms with Crippen molar-refractivity contribution in [1.29, 1.82) is 0 Å². The van der Waals surface area contributed by atoms with Gasteiger partial charge in [-0.05, 0) is 25.0 Å². The van der Waals surface area contributed by atoms with E-state index in [0.717, 1.165) is 25.3 Å². The fourth-order valence-corrected chi connectivity index (χ4v) is 1.38. The summed E-state index contributed by atoms with van der Waals surface area (Å²) >= 11 is 0. The number of nitrogens with zero attached hydrogens (tertiary/aromatic N) is 4. The Morgan fingerprint density at radius 1 is 1.38 bits per heavy atom. The third-order valence-electron chi connectivity index (χ3n) is 2.25. The molecule has 2 rings (SSSR count). The molecule has 2 heterocycles. The minimum Gasteiger partial charge on any atom is -0.370 e. The highest BCUT2D eigenvalue weighted by Gasteiger charge is 1.94. The largest absolute Gasteiger partial charge is 0.370 e. The van der Waals surface area contributed by atoms with Gasteiger partial charge in [0, 0.05) is 25.5 Å². The van der Waals surface area contributed by atoms with Crippen LogP contribution in [0.15, 0.2) is 30.7 Å². The molecule has 0 saturated heterocycles. The predicted octanol–water partition coefficient (Wildman–Crippen LogP) is 1.48. The first-order valence-electron chi connectivity index (χ1n) is 5.35. The van der Waals surface area contributed by atoms with Gasteiger partial charge in [-0.25, -0.2) is 4.98 Å². The number of hydrogen-bond acceptors (Lipinski definition) is 4. The van der Waals surface area contributed by atoms with Crippen molar-refractivity contribution in [2.75, 3.05) is 11.9 Å². The molecule has 0 amide bonds. The van der Waals surface area contributed by atoms with Gasteiger partial charge in [0.1, 0.15) is 5.82 Å². The average Bonchev–Trinajstić information content (AvgIpc) is 2.80. The van der Waals surface area contributed by atoms with E-state index in [4.69, 9.17) is 0 Å². The summed E-state index contributed by atoms with van der Waals surface area (Å²) in [6, 6.07) is 4.04. The molecule has 0 bridgehead atoms. The van der Waals surface area contributed by atoms with E-state index in [1.165, 1.54) is 5.56 Å². The third kappa shape index (κ3) is 3.05. The van der Waals surface area contributed by atoms with Gasteiger partial charge in [-0.2, -0.15) is 0 Å². The molecule has 0 radical (unpaired) electrons. The summed E-state index contributed by atoms with van der Waals surface area (Å²) in [6.45, 7) is 3.79. The smallest absolute Gasteiger partial charge is 0.125 e. The molecular formula is C11H15N5. The second kappa shape index (κ2) is 5.25.